The van der Waals surface area contributed by atoms with E-state index in [0.717, 1.165) is 0 Å². The Morgan fingerprint density at radius 3 is 2.54 bits per heavy atom. The third-order valence-corrected chi connectivity index (χ3v) is 5.61. The third-order valence-electron chi connectivity index (χ3n) is 4.29. The Kier molecular flexibility index (Phi) is 5.33. The van der Waals surface area contributed by atoms with E-state index in [0.29, 0.717) is 23.3 Å². The molecule has 26 heavy (non-hydrogen) atoms. The van der Waals surface area contributed by atoms with Gasteiger partial charge in [-0.15, -0.1) is 0 Å². The molecule has 0 aliphatic heterocycles. The minimum Gasteiger partial charge on any atom is -0.396 e. The molecule has 1 aromatic carbocycles. The number of anilines is 1. The minimum atomic E-state index is -4.39. The maximum atomic E-state index is 12.0. The van der Waals surface area contributed by atoms with Gasteiger partial charge in [-0.3, -0.25) is 4.57 Å². The summed E-state index contributed by atoms with van der Waals surface area (Å²) in [7, 11) is -4.39. The standard InChI is InChI=1S/C16H20N5O4P/c17-15-14-16(19-9-18-15)21(10-20-14)7-11(8-22)6-13(26(23,24)25)12-4-2-1-3-5-12/h1-5,9-11,13,22H,6-8H2,(H2,17,18,19)(H2,23,24,25)/t11-,13-/m0/s1. The van der Waals surface area contributed by atoms with Gasteiger partial charge in [0.15, 0.2) is 11.5 Å². The maximum Gasteiger partial charge on any atom is 0.332 e. The summed E-state index contributed by atoms with van der Waals surface area (Å²) < 4.78 is 13.7. The van der Waals surface area contributed by atoms with E-state index in [-0.39, 0.29) is 18.8 Å². The number of rotatable bonds is 7. The van der Waals surface area contributed by atoms with Gasteiger partial charge < -0.3 is 25.2 Å². The lowest BCUT2D eigenvalue weighted by Gasteiger charge is -2.24. The Bertz CT molecular complexity index is 927. The number of benzene rings is 1. The van der Waals surface area contributed by atoms with E-state index in [2.05, 4.69) is 15.0 Å². The van der Waals surface area contributed by atoms with Crippen molar-refractivity contribution in [2.75, 3.05) is 12.3 Å². The van der Waals surface area contributed by atoms with Crippen LogP contribution in [-0.2, 0) is 11.1 Å². The molecule has 0 saturated carbocycles. The summed E-state index contributed by atoms with van der Waals surface area (Å²) in [6.45, 7) is 0.0658. The van der Waals surface area contributed by atoms with Crippen LogP contribution in [0.1, 0.15) is 17.6 Å². The van der Waals surface area contributed by atoms with E-state index in [1.54, 1.807) is 34.9 Å². The highest BCUT2D eigenvalue weighted by Crippen LogP contribution is 2.54. The topological polar surface area (TPSA) is 147 Å². The molecule has 0 unspecified atom stereocenters. The molecule has 0 radical (unpaired) electrons. The van der Waals surface area contributed by atoms with E-state index >= 15 is 0 Å². The van der Waals surface area contributed by atoms with Gasteiger partial charge in [0.05, 0.1) is 12.0 Å². The molecule has 0 aliphatic carbocycles. The van der Waals surface area contributed by atoms with Crippen LogP contribution in [0.3, 0.4) is 0 Å². The van der Waals surface area contributed by atoms with Gasteiger partial charge >= 0.3 is 7.60 Å². The van der Waals surface area contributed by atoms with Crippen LogP contribution in [0.15, 0.2) is 43.0 Å². The SMILES string of the molecule is Nc1ncnc2c1ncn2C[C@@H](CO)C[C@@H](c1ccccc1)P(=O)(O)O. The molecule has 0 amide bonds. The zero-order chi connectivity index (χ0) is 18.7. The third kappa shape index (κ3) is 3.91. The average Bonchev–Trinajstić information content (AvgIpc) is 3.02. The quantitative estimate of drug-likeness (QED) is 0.451. The lowest BCUT2D eigenvalue weighted by Crippen LogP contribution is -2.18. The summed E-state index contributed by atoms with van der Waals surface area (Å²) in [5.74, 6) is -0.145. The van der Waals surface area contributed by atoms with Crippen molar-refractivity contribution >= 4 is 24.6 Å². The van der Waals surface area contributed by atoms with E-state index < -0.39 is 19.2 Å². The molecule has 10 heteroatoms. The summed E-state index contributed by atoms with van der Waals surface area (Å²) in [6.07, 6.45) is 2.98. The average molecular weight is 377 g/mol. The smallest absolute Gasteiger partial charge is 0.332 e. The second-order valence-corrected chi connectivity index (χ2v) is 7.93. The molecule has 138 valence electrons. The van der Waals surface area contributed by atoms with Crippen molar-refractivity contribution in [2.24, 2.45) is 5.92 Å². The Morgan fingerprint density at radius 2 is 1.88 bits per heavy atom. The molecule has 0 saturated heterocycles. The normalized spacial score (nSPS) is 14.4. The van der Waals surface area contributed by atoms with Crippen molar-refractivity contribution < 1.29 is 19.5 Å². The number of nitrogens with two attached hydrogens (primary N) is 1. The van der Waals surface area contributed by atoms with Gasteiger partial charge in [-0.05, 0) is 12.0 Å². The summed E-state index contributed by atoms with van der Waals surface area (Å²) in [4.78, 5) is 31.8. The van der Waals surface area contributed by atoms with Crippen molar-refractivity contribution in [3.63, 3.8) is 0 Å². The monoisotopic (exact) mass is 377 g/mol. The van der Waals surface area contributed by atoms with Gasteiger partial charge in [0.2, 0.25) is 0 Å². The van der Waals surface area contributed by atoms with Crippen LogP contribution in [0.25, 0.3) is 11.2 Å². The van der Waals surface area contributed by atoms with Crippen molar-refractivity contribution in [1.29, 1.82) is 0 Å². The first kappa shape index (κ1) is 18.5. The van der Waals surface area contributed by atoms with Crippen LogP contribution < -0.4 is 5.73 Å². The van der Waals surface area contributed by atoms with Gasteiger partial charge in [-0.2, -0.15) is 0 Å². The number of fused-ring (bicyclic) bond motifs is 1. The molecule has 0 bridgehead atoms. The molecular formula is C16H20N5O4P. The molecule has 3 rings (SSSR count). The summed E-state index contributed by atoms with van der Waals surface area (Å²) >= 11 is 0. The van der Waals surface area contributed by atoms with Crippen molar-refractivity contribution in [3.05, 3.63) is 48.5 Å². The number of aliphatic hydroxyl groups is 1. The molecule has 0 fully saturated rings. The van der Waals surface area contributed by atoms with Crippen molar-refractivity contribution in [1.82, 2.24) is 19.5 Å². The highest BCUT2D eigenvalue weighted by Gasteiger charge is 2.32. The molecule has 0 aliphatic rings. The number of nitrogen functional groups attached to an aromatic ring is 1. The second-order valence-electron chi connectivity index (χ2n) is 6.13. The first-order valence-electron chi connectivity index (χ1n) is 8.02. The first-order chi connectivity index (χ1) is 12.4. The van der Waals surface area contributed by atoms with Gasteiger partial charge in [0, 0.05) is 19.1 Å². The van der Waals surface area contributed by atoms with Crippen molar-refractivity contribution in [2.45, 2.75) is 18.6 Å². The Hall–Kier alpha value is -2.32. The highest BCUT2D eigenvalue weighted by atomic mass is 31.2. The van der Waals surface area contributed by atoms with Crippen LogP contribution in [0.4, 0.5) is 5.82 Å². The Labute approximate surface area is 149 Å². The van der Waals surface area contributed by atoms with Crippen LogP contribution in [0.5, 0.6) is 0 Å². The van der Waals surface area contributed by atoms with Gasteiger partial charge in [-0.25, -0.2) is 15.0 Å². The van der Waals surface area contributed by atoms with Gasteiger partial charge in [0.1, 0.15) is 11.8 Å². The van der Waals surface area contributed by atoms with Crippen LogP contribution in [0, 0.1) is 5.92 Å². The predicted octanol–water partition coefficient (Wildman–Crippen LogP) is 1.33. The number of hydrogen-bond donors (Lipinski definition) is 4. The zero-order valence-electron chi connectivity index (χ0n) is 13.9. The van der Waals surface area contributed by atoms with Gasteiger partial charge in [-0.1, -0.05) is 30.3 Å². The molecule has 3 aromatic rings. The summed E-state index contributed by atoms with van der Waals surface area (Å²) in [5, 5.41) is 9.77. The predicted molar refractivity (Wildman–Crippen MR) is 96.2 cm³/mol. The summed E-state index contributed by atoms with van der Waals surface area (Å²) in [6, 6.07) is 8.60. The largest absolute Gasteiger partial charge is 0.396 e. The number of hydrogen-bond acceptors (Lipinski definition) is 6. The molecule has 9 nitrogen and oxygen atoms in total. The fourth-order valence-electron chi connectivity index (χ4n) is 2.98. The number of aliphatic hydroxyl groups excluding tert-OH is 1. The van der Waals surface area contributed by atoms with E-state index in [4.69, 9.17) is 5.73 Å². The lowest BCUT2D eigenvalue weighted by molar-refractivity contribution is 0.198. The van der Waals surface area contributed by atoms with E-state index in [9.17, 15) is 19.5 Å². The Morgan fingerprint density at radius 1 is 1.15 bits per heavy atom. The molecule has 2 heterocycles. The molecule has 2 atom stereocenters. The van der Waals surface area contributed by atoms with Gasteiger partial charge in [0.25, 0.3) is 0 Å². The minimum absolute atomic E-state index is 0.116. The van der Waals surface area contributed by atoms with Crippen molar-refractivity contribution in [3.8, 4) is 0 Å². The number of nitrogens with zero attached hydrogens (tertiary/aromatic N) is 4. The number of imidazole rings is 1. The Balaban J connectivity index is 1.85. The molecular weight excluding hydrogens is 357 g/mol. The molecule has 0 spiro atoms. The fourth-order valence-corrected chi connectivity index (χ4v) is 4.11. The van der Waals surface area contributed by atoms with Crippen LogP contribution >= 0.6 is 7.60 Å². The lowest BCUT2D eigenvalue weighted by atomic mass is 9.99. The first-order valence-corrected chi connectivity index (χ1v) is 9.70. The summed E-state index contributed by atoms with van der Waals surface area (Å²) in [5.41, 5.74) is 6.29. The second kappa shape index (κ2) is 7.51. The molecule has 2 aromatic heterocycles. The van der Waals surface area contributed by atoms with E-state index in [1.165, 1.54) is 12.7 Å². The highest BCUT2D eigenvalue weighted by molar-refractivity contribution is 7.52. The van der Waals surface area contributed by atoms with Crippen LogP contribution in [0.2, 0.25) is 0 Å². The maximum absolute atomic E-state index is 12.0. The van der Waals surface area contributed by atoms with E-state index in [1.807, 2.05) is 0 Å². The van der Waals surface area contributed by atoms with Crippen LogP contribution in [-0.4, -0.2) is 41.0 Å². The molecule has 5 N–H and O–H groups in total. The number of aromatic nitrogens is 4. The zero-order valence-corrected chi connectivity index (χ0v) is 14.8. The fraction of sp³-hybridized carbons (Fsp3) is 0.312.